The highest BCUT2D eigenvalue weighted by Crippen LogP contribution is 2.25. The van der Waals surface area contributed by atoms with Gasteiger partial charge in [-0.15, -0.1) is 0 Å². The van der Waals surface area contributed by atoms with Crippen LogP contribution in [0.1, 0.15) is 60.9 Å². The second-order valence-electron chi connectivity index (χ2n) is 8.61. The Labute approximate surface area is 188 Å². The lowest BCUT2D eigenvalue weighted by molar-refractivity contribution is 0.0941. The minimum absolute atomic E-state index is 0.0191. The number of amides is 2. The van der Waals surface area contributed by atoms with Crippen LogP contribution in [0.5, 0.6) is 0 Å². The number of hydrogen-bond acceptors (Lipinski definition) is 4. The maximum atomic E-state index is 12.9. The van der Waals surface area contributed by atoms with E-state index in [0.29, 0.717) is 11.1 Å². The number of carbonyl (C=O) groups excluding carboxylic acids is 2. The molecule has 168 valence electrons. The van der Waals surface area contributed by atoms with Crippen molar-refractivity contribution in [1.82, 2.24) is 10.0 Å². The van der Waals surface area contributed by atoms with Crippen molar-refractivity contribution in [3.05, 3.63) is 58.1 Å². The molecule has 0 heterocycles. The Morgan fingerprint density at radius 1 is 1.00 bits per heavy atom. The van der Waals surface area contributed by atoms with Crippen molar-refractivity contribution in [3.8, 4) is 0 Å². The molecule has 0 aromatic heterocycles. The molecule has 0 atom stereocenters. The topological polar surface area (TPSA) is 104 Å². The molecule has 0 bridgehead atoms. The standard InChI is InChI=1S/C22H28ClN3O4S/c1-13(2)24-20(27)15-8-10-18(23)19(11-15)25-21(28)17-12-16(9-7-14(17)3)31(29,30)26-22(4,5)6/h7-13,26H,1-6H3,(H,24,27)(H,25,28). The molecule has 0 aliphatic carbocycles. The molecule has 0 unspecified atom stereocenters. The first-order valence-corrected chi connectivity index (χ1v) is 11.6. The van der Waals surface area contributed by atoms with Crippen molar-refractivity contribution in [3.63, 3.8) is 0 Å². The fourth-order valence-corrected chi connectivity index (χ4v) is 4.38. The van der Waals surface area contributed by atoms with Crippen LogP contribution in [0.15, 0.2) is 41.3 Å². The molecule has 2 aromatic rings. The molecule has 31 heavy (non-hydrogen) atoms. The number of sulfonamides is 1. The van der Waals surface area contributed by atoms with E-state index in [-0.39, 0.29) is 33.1 Å². The zero-order valence-corrected chi connectivity index (χ0v) is 20.0. The third-order valence-electron chi connectivity index (χ3n) is 4.10. The number of carbonyl (C=O) groups is 2. The first kappa shape index (κ1) is 24.8. The van der Waals surface area contributed by atoms with Gasteiger partial charge in [0.15, 0.2) is 0 Å². The van der Waals surface area contributed by atoms with E-state index in [4.69, 9.17) is 11.6 Å². The Kier molecular flexibility index (Phi) is 7.52. The molecule has 0 aliphatic rings. The van der Waals surface area contributed by atoms with Crippen LogP contribution in [0, 0.1) is 6.92 Å². The Bertz CT molecular complexity index is 1110. The lowest BCUT2D eigenvalue weighted by Crippen LogP contribution is -2.40. The molecule has 0 saturated heterocycles. The van der Waals surface area contributed by atoms with Crippen LogP contribution in [0.3, 0.4) is 0 Å². The van der Waals surface area contributed by atoms with E-state index in [2.05, 4.69) is 15.4 Å². The average Bonchev–Trinajstić information content (AvgIpc) is 2.61. The quantitative estimate of drug-likeness (QED) is 0.596. The Morgan fingerprint density at radius 2 is 1.65 bits per heavy atom. The van der Waals surface area contributed by atoms with Crippen LogP contribution in [-0.2, 0) is 10.0 Å². The number of anilines is 1. The van der Waals surface area contributed by atoms with Crippen LogP contribution in [0.25, 0.3) is 0 Å². The molecule has 0 aliphatic heterocycles. The molecule has 0 spiro atoms. The van der Waals surface area contributed by atoms with Gasteiger partial charge in [-0.25, -0.2) is 13.1 Å². The number of hydrogen-bond donors (Lipinski definition) is 3. The summed E-state index contributed by atoms with van der Waals surface area (Å²) >= 11 is 6.20. The van der Waals surface area contributed by atoms with Crippen molar-refractivity contribution in [2.75, 3.05) is 5.32 Å². The van der Waals surface area contributed by atoms with Crippen LogP contribution in [0.2, 0.25) is 5.02 Å². The largest absolute Gasteiger partial charge is 0.350 e. The lowest BCUT2D eigenvalue weighted by Gasteiger charge is -2.20. The highest BCUT2D eigenvalue weighted by atomic mass is 35.5. The first-order valence-electron chi connectivity index (χ1n) is 9.76. The predicted octanol–water partition coefficient (Wildman–Crippen LogP) is 4.12. The van der Waals surface area contributed by atoms with Gasteiger partial charge in [-0.1, -0.05) is 17.7 Å². The number of halogens is 1. The van der Waals surface area contributed by atoms with Crippen LogP contribution < -0.4 is 15.4 Å². The molecule has 2 rings (SSSR count). The summed E-state index contributed by atoms with van der Waals surface area (Å²) in [4.78, 5) is 25.2. The second kappa shape index (κ2) is 9.38. The highest BCUT2D eigenvalue weighted by molar-refractivity contribution is 7.89. The van der Waals surface area contributed by atoms with Crippen molar-refractivity contribution < 1.29 is 18.0 Å². The lowest BCUT2D eigenvalue weighted by atomic mass is 10.1. The van der Waals surface area contributed by atoms with Crippen LogP contribution >= 0.6 is 11.6 Å². The van der Waals surface area contributed by atoms with Gasteiger partial charge in [0, 0.05) is 22.7 Å². The highest BCUT2D eigenvalue weighted by Gasteiger charge is 2.24. The normalized spacial score (nSPS) is 12.0. The van der Waals surface area contributed by atoms with Crippen molar-refractivity contribution in [2.24, 2.45) is 0 Å². The fraction of sp³-hybridized carbons (Fsp3) is 0.364. The molecular formula is C22H28ClN3O4S. The summed E-state index contributed by atoms with van der Waals surface area (Å²) in [5.41, 5.74) is 0.706. The summed E-state index contributed by atoms with van der Waals surface area (Å²) in [6.07, 6.45) is 0. The van der Waals surface area contributed by atoms with E-state index in [1.165, 1.54) is 24.3 Å². The summed E-state index contributed by atoms with van der Waals surface area (Å²) in [7, 11) is -3.81. The number of aryl methyl sites for hydroxylation is 1. The van der Waals surface area contributed by atoms with Crippen molar-refractivity contribution in [1.29, 1.82) is 0 Å². The third-order valence-corrected chi connectivity index (χ3v) is 6.19. The molecule has 0 radical (unpaired) electrons. The molecule has 3 N–H and O–H groups in total. The van der Waals surface area contributed by atoms with Gasteiger partial charge in [-0.3, -0.25) is 9.59 Å². The van der Waals surface area contributed by atoms with E-state index >= 15 is 0 Å². The van der Waals surface area contributed by atoms with Gasteiger partial charge in [0.25, 0.3) is 11.8 Å². The molecule has 0 fully saturated rings. The fourth-order valence-electron chi connectivity index (χ4n) is 2.77. The second-order valence-corrected chi connectivity index (χ2v) is 10.7. The predicted molar refractivity (Wildman–Crippen MR) is 123 cm³/mol. The number of benzene rings is 2. The number of rotatable bonds is 6. The van der Waals surface area contributed by atoms with Gasteiger partial charge < -0.3 is 10.6 Å². The molecule has 0 saturated carbocycles. The average molecular weight is 466 g/mol. The Hall–Kier alpha value is -2.42. The van der Waals surface area contributed by atoms with E-state index in [1.807, 2.05) is 13.8 Å². The molecular weight excluding hydrogens is 438 g/mol. The molecule has 2 amide bonds. The monoisotopic (exact) mass is 465 g/mol. The first-order chi connectivity index (χ1) is 14.2. The van der Waals surface area contributed by atoms with Crippen molar-refractivity contribution >= 4 is 39.1 Å². The smallest absolute Gasteiger partial charge is 0.256 e. The van der Waals surface area contributed by atoms with Gasteiger partial charge in [-0.2, -0.15) is 0 Å². The molecule has 9 heteroatoms. The van der Waals surface area contributed by atoms with Gasteiger partial charge in [-0.05, 0) is 77.4 Å². The summed E-state index contributed by atoms with van der Waals surface area (Å²) in [6, 6.07) is 8.86. The Balaban J connectivity index is 2.35. The number of nitrogens with one attached hydrogen (secondary N) is 3. The zero-order chi connectivity index (χ0) is 23.6. The summed E-state index contributed by atoms with van der Waals surface area (Å²) < 4.78 is 27.9. The van der Waals surface area contributed by atoms with Gasteiger partial charge in [0.2, 0.25) is 10.0 Å². The third kappa shape index (κ3) is 6.78. The van der Waals surface area contributed by atoms with Crippen LogP contribution in [0.4, 0.5) is 5.69 Å². The van der Waals surface area contributed by atoms with Gasteiger partial charge in [0.05, 0.1) is 15.6 Å². The molecule has 2 aromatic carbocycles. The van der Waals surface area contributed by atoms with E-state index < -0.39 is 21.5 Å². The Morgan fingerprint density at radius 3 is 2.23 bits per heavy atom. The minimum atomic E-state index is -3.81. The van der Waals surface area contributed by atoms with Crippen molar-refractivity contribution in [2.45, 2.75) is 58.0 Å². The maximum Gasteiger partial charge on any atom is 0.256 e. The minimum Gasteiger partial charge on any atom is -0.350 e. The summed E-state index contributed by atoms with van der Waals surface area (Å²) in [5, 5.41) is 5.71. The zero-order valence-electron chi connectivity index (χ0n) is 18.5. The van der Waals surface area contributed by atoms with E-state index in [9.17, 15) is 18.0 Å². The maximum absolute atomic E-state index is 12.9. The summed E-state index contributed by atoms with van der Waals surface area (Å²) in [6.45, 7) is 10.6. The van der Waals surface area contributed by atoms with Gasteiger partial charge in [0.1, 0.15) is 0 Å². The van der Waals surface area contributed by atoms with Gasteiger partial charge >= 0.3 is 0 Å². The molecule has 7 nitrogen and oxygen atoms in total. The van der Waals surface area contributed by atoms with E-state index in [0.717, 1.165) is 0 Å². The van der Waals surface area contributed by atoms with Crippen LogP contribution in [-0.4, -0.2) is 31.8 Å². The SMILES string of the molecule is Cc1ccc(S(=O)(=O)NC(C)(C)C)cc1C(=O)Nc1cc(C(=O)NC(C)C)ccc1Cl. The summed E-state index contributed by atoms with van der Waals surface area (Å²) in [5.74, 6) is -0.826. The van der Waals surface area contributed by atoms with E-state index in [1.54, 1.807) is 39.8 Å².